The topological polar surface area (TPSA) is 156 Å². The summed E-state index contributed by atoms with van der Waals surface area (Å²) in [5.74, 6) is 0.688. The minimum absolute atomic E-state index is 0.00191. The molecule has 12 nitrogen and oxygen atoms in total. The van der Waals surface area contributed by atoms with Gasteiger partial charge in [-0.1, -0.05) is 12.8 Å². The van der Waals surface area contributed by atoms with E-state index in [-0.39, 0.29) is 18.1 Å². The van der Waals surface area contributed by atoms with Gasteiger partial charge in [-0.2, -0.15) is 0 Å². The first-order valence-corrected chi connectivity index (χ1v) is 14.3. The highest BCUT2D eigenvalue weighted by atomic mass is 16.7. The average molecular weight is 558 g/mol. The molecule has 0 aliphatic carbocycles. The fourth-order valence-corrected chi connectivity index (χ4v) is 4.68. The van der Waals surface area contributed by atoms with Crippen molar-refractivity contribution in [3.63, 3.8) is 0 Å². The lowest BCUT2D eigenvalue weighted by Crippen LogP contribution is -2.64. The highest BCUT2D eigenvalue weighted by Crippen LogP contribution is 2.22. The number of aliphatic hydroxyl groups excluding tert-OH is 3. The molecule has 39 heavy (non-hydrogen) atoms. The number of carbonyl (C=O) groups excluding carboxylic acids is 2. The van der Waals surface area contributed by atoms with Gasteiger partial charge in [0, 0.05) is 53.2 Å². The Kier molecular flexibility index (Phi) is 13.9. The number of aliphatic imine (C=N–C) groups is 1. The second-order valence-corrected chi connectivity index (χ2v) is 11.5. The molecule has 2 aliphatic heterocycles. The molecule has 5 unspecified atom stereocenters. The molecule has 5 atom stereocenters. The van der Waals surface area contributed by atoms with Crippen LogP contribution in [0.15, 0.2) is 4.99 Å². The first kappa shape index (κ1) is 33.2. The number of nitrogens with zero attached hydrogens (tertiary/aromatic N) is 3. The van der Waals surface area contributed by atoms with E-state index in [2.05, 4.69) is 48.3 Å². The van der Waals surface area contributed by atoms with Crippen LogP contribution in [0.25, 0.3) is 0 Å². The lowest BCUT2D eigenvalue weighted by atomic mass is 9.97. The minimum Gasteiger partial charge on any atom is -0.394 e. The van der Waals surface area contributed by atoms with Gasteiger partial charge in [0.1, 0.15) is 24.4 Å². The quantitative estimate of drug-likeness (QED) is 0.177. The van der Waals surface area contributed by atoms with Crippen LogP contribution in [0, 0.1) is 0 Å². The number of unbranched alkanes of at least 4 members (excludes halogenated alkanes) is 4. The van der Waals surface area contributed by atoms with E-state index in [0.29, 0.717) is 25.8 Å². The number of hydrogen-bond donors (Lipinski definition) is 5. The van der Waals surface area contributed by atoms with Gasteiger partial charge in [-0.25, -0.2) is 4.99 Å². The predicted molar refractivity (Wildman–Crippen MR) is 148 cm³/mol. The summed E-state index contributed by atoms with van der Waals surface area (Å²) in [5.41, 5.74) is -0.0873. The van der Waals surface area contributed by atoms with Gasteiger partial charge in [0.25, 0.3) is 0 Å². The van der Waals surface area contributed by atoms with Crippen molar-refractivity contribution in [2.75, 3.05) is 46.4 Å². The van der Waals surface area contributed by atoms with Crippen LogP contribution in [0.3, 0.4) is 0 Å². The third kappa shape index (κ3) is 11.6. The molecular formula is C27H51N5O7. The Morgan fingerprint density at radius 2 is 1.79 bits per heavy atom. The Hall–Kier alpha value is -1.99. The maximum atomic E-state index is 12.1. The SMILES string of the molecule is CC(=O)NC1C(OCCCCC(=O)NCCCCCCN2CCN(C)C2=NC(C)(C)C)OC(CO)C(O)C1O. The summed E-state index contributed by atoms with van der Waals surface area (Å²) in [5, 5.41) is 35.2. The normalized spacial score (nSPS) is 26.8. The number of guanidine groups is 1. The third-order valence-corrected chi connectivity index (χ3v) is 6.77. The van der Waals surface area contributed by atoms with E-state index in [1.807, 2.05) is 0 Å². The van der Waals surface area contributed by atoms with Crippen LogP contribution in [0.1, 0.15) is 72.6 Å². The van der Waals surface area contributed by atoms with E-state index in [9.17, 15) is 24.9 Å². The Morgan fingerprint density at radius 3 is 2.46 bits per heavy atom. The van der Waals surface area contributed by atoms with E-state index in [1.54, 1.807) is 0 Å². The number of likely N-dealkylation sites (N-methyl/N-ethyl adjacent to an activating group) is 1. The number of aliphatic hydroxyl groups is 3. The van der Waals surface area contributed by atoms with E-state index in [0.717, 1.165) is 51.3 Å². The Bertz CT molecular complexity index is 791. The lowest BCUT2D eigenvalue weighted by molar-refractivity contribution is -0.270. The lowest BCUT2D eigenvalue weighted by Gasteiger charge is -2.42. The zero-order chi connectivity index (χ0) is 29.0. The molecule has 0 bridgehead atoms. The predicted octanol–water partition coefficient (Wildman–Crippen LogP) is 0.196. The van der Waals surface area contributed by atoms with Gasteiger partial charge in [0.15, 0.2) is 12.2 Å². The van der Waals surface area contributed by atoms with Gasteiger partial charge in [0.2, 0.25) is 11.8 Å². The minimum atomic E-state index is -1.34. The first-order chi connectivity index (χ1) is 18.4. The van der Waals surface area contributed by atoms with E-state index >= 15 is 0 Å². The molecule has 0 radical (unpaired) electrons. The largest absolute Gasteiger partial charge is 0.394 e. The zero-order valence-electron chi connectivity index (χ0n) is 24.4. The van der Waals surface area contributed by atoms with Crippen molar-refractivity contribution in [3.05, 3.63) is 0 Å². The summed E-state index contributed by atoms with van der Waals surface area (Å²) in [6.07, 6.45) is 1.09. The second-order valence-electron chi connectivity index (χ2n) is 11.5. The maximum Gasteiger partial charge on any atom is 0.219 e. The van der Waals surface area contributed by atoms with E-state index in [4.69, 9.17) is 14.5 Å². The number of carbonyl (C=O) groups is 2. The van der Waals surface area contributed by atoms with Crippen molar-refractivity contribution in [2.24, 2.45) is 4.99 Å². The molecule has 12 heteroatoms. The van der Waals surface area contributed by atoms with Crippen LogP contribution in [0.4, 0.5) is 0 Å². The smallest absolute Gasteiger partial charge is 0.219 e. The summed E-state index contributed by atoms with van der Waals surface area (Å²) in [4.78, 5) is 33.1. The monoisotopic (exact) mass is 557 g/mol. The molecule has 0 aromatic heterocycles. The fraction of sp³-hybridized carbons (Fsp3) is 0.889. The molecule has 2 amide bonds. The summed E-state index contributed by atoms with van der Waals surface area (Å²) in [7, 11) is 2.10. The molecule has 2 heterocycles. The standard InChI is InChI=1S/C27H51N5O7/c1-19(34)29-22-24(37)23(36)20(18-33)39-25(22)38-17-11-8-12-21(35)28-13-9-6-7-10-14-32-16-15-31(5)26(32)30-27(2,3)4/h20,22-25,33,36-37H,6-18H2,1-5H3,(H,28,35)(H,29,34). The van der Waals surface area contributed by atoms with Crippen LogP contribution in [-0.4, -0.2) is 126 Å². The molecule has 2 aliphatic rings. The summed E-state index contributed by atoms with van der Waals surface area (Å²) in [6.45, 7) is 11.1. The summed E-state index contributed by atoms with van der Waals surface area (Å²) in [6, 6.07) is -0.959. The highest BCUT2D eigenvalue weighted by molar-refractivity contribution is 5.82. The maximum absolute atomic E-state index is 12.1. The average Bonchev–Trinajstić information content (AvgIpc) is 3.19. The molecule has 2 fully saturated rings. The summed E-state index contributed by atoms with van der Waals surface area (Å²) < 4.78 is 11.2. The molecule has 0 saturated carbocycles. The van der Waals surface area contributed by atoms with Crippen molar-refractivity contribution in [3.8, 4) is 0 Å². The first-order valence-electron chi connectivity index (χ1n) is 14.3. The summed E-state index contributed by atoms with van der Waals surface area (Å²) >= 11 is 0. The number of rotatable bonds is 15. The highest BCUT2D eigenvalue weighted by Gasteiger charge is 2.45. The van der Waals surface area contributed by atoms with Crippen molar-refractivity contribution >= 4 is 17.8 Å². The van der Waals surface area contributed by atoms with Crippen molar-refractivity contribution < 1.29 is 34.4 Å². The second kappa shape index (κ2) is 16.3. The number of nitrogens with one attached hydrogen (secondary N) is 2. The van der Waals surface area contributed by atoms with Crippen LogP contribution in [-0.2, 0) is 19.1 Å². The van der Waals surface area contributed by atoms with Crippen LogP contribution >= 0.6 is 0 Å². The van der Waals surface area contributed by atoms with Gasteiger partial charge in [-0.15, -0.1) is 0 Å². The van der Waals surface area contributed by atoms with Crippen molar-refractivity contribution in [2.45, 2.75) is 109 Å². The number of amides is 2. The molecule has 0 aromatic carbocycles. The molecule has 0 aromatic rings. The fourth-order valence-electron chi connectivity index (χ4n) is 4.68. The molecular weight excluding hydrogens is 506 g/mol. The molecule has 2 saturated heterocycles. The third-order valence-electron chi connectivity index (χ3n) is 6.77. The Balaban J connectivity index is 1.55. The van der Waals surface area contributed by atoms with Gasteiger partial charge in [-0.3, -0.25) is 9.59 Å². The van der Waals surface area contributed by atoms with E-state index < -0.39 is 43.2 Å². The van der Waals surface area contributed by atoms with Gasteiger partial charge in [-0.05, 0) is 46.5 Å². The van der Waals surface area contributed by atoms with Gasteiger partial charge >= 0.3 is 0 Å². The molecule has 5 N–H and O–H groups in total. The zero-order valence-corrected chi connectivity index (χ0v) is 24.4. The van der Waals surface area contributed by atoms with Gasteiger partial charge < -0.3 is 45.2 Å². The van der Waals surface area contributed by atoms with Crippen LogP contribution < -0.4 is 10.6 Å². The van der Waals surface area contributed by atoms with Crippen LogP contribution in [0.2, 0.25) is 0 Å². The Morgan fingerprint density at radius 1 is 1.08 bits per heavy atom. The molecule has 0 spiro atoms. The Labute approximate surface area is 233 Å². The van der Waals surface area contributed by atoms with Gasteiger partial charge in [0.05, 0.1) is 12.1 Å². The van der Waals surface area contributed by atoms with E-state index in [1.165, 1.54) is 6.92 Å². The number of hydrogen-bond acceptors (Lipinski definition) is 8. The number of ether oxygens (including phenoxy) is 2. The van der Waals surface area contributed by atoms with Crippen molar-refractivity contribution in [1.82, 2.24) is 20.4 Å². The van der Waals surface area contributed by atoms with Crippen molar-refractivity contribution in [1.29, 1.82) is 0 Å². The molecule has 2 rings (SSSR count). The van der Waals surface area contributed by atoms with Crippen LogP contribution in [0.5, 0.6) is 0 Å². The molecule has 226 valence electrons.